The van der Waals surface area contributed by atoms with E-state index in [0.29, 0.717) is 31.0 Å². The third-order valence-corrected chi connectivity index (χ3v) is 4.29. The summed E-state index contributed by atoms with van der Waals surface area (Å²) < 4.78 is 17.1. The quantitative estimate of drug-likeness (QED) is 0.818. The minimum Gasteiger partial charge on any atom is -0.485 e. The molecule has 8 heteroatoms. The first-order valence-corrected chi connectivity index (χ1v) is 8.29. The molecule has 2 aliphatic rings. The van der Waals surface area contributed by atoms with Gasteiger partial charge < -0.3 is 19.1 Å². The molecule has 2 aliphatic heterocycles. The van der Waals surface area contributed by atoms with Gasteiger partial charge in [0.05, 0.1) is 6.54 Å². The highest BCUT2D eigenvalue weighted by Crippen LogP contribution is 2.31. The van der Waals surface area contributed by atoms with Crippen molar-refractivity contribution in [1.29, 1.82) is 5.26 Å². The van der Waals surface area contributed by atoms with Crippen LogP contribution in [0.5, 0.6) is 17.4 Å². The number of rotatable bonds is 3. The largest absolute Gasteiger partial charge is 0.485 e. The first-order chi connectivity index (χ1) is 12.7. The van der Waals surface area contributed by atoms with Crippen LogP contribution in [0.3, 0.4) is 0 Å². The fraction of sp³-hybridized carbons (Fsp3) is 0.333. The lowest BCUT2D eigenvalue weighted by molar-refractivity contribution is -0.140. The van der Waals surface area contributed by atoms with E-state index in [2.05, 4.69) is 9.97 Å². The third kappa shape index (κ3) is 3.11. The Bertz CT molecular complexity index is 866. The number of carbonyl (C=O) groups excluding carboxylic acids is 1. The zero-order chi connectivity index (χ0) is 17.9. The number of ether oxygens (including phenoxy) is 3. The summed E-state index contributed by atoms with van der Waals surface area (Å²) in [4.78, 5) is 22.4. The summed E-state index contributed by atoms with van der Waals surface area (Å²) in [6.07, 6.45) is 2.65. The number of fused-ring (bicyclic) bond motifs is 1. The lowest BCUT2D eigenvalue weighted by Crippen LogP contribution is -2.46. The molecule has 26 heavy (non-hydrogen) atoms. The molecule has 0 aliphatic carbocycles. The minimum absolute atomic E-state index is 0.134. The summed E-state index contributed by atoms with van der Waals surface area (Å²) in [5.41, 5.74) is 0.137. The topological polar surface area (TPSA) is 97.6 Å². The van der Waals surface area contributed by atoms with E-state index in [1.54, 1.807) is 11.0 Å². The van der Waals surface area contributed by atoms with Crippen molar-refractivity contribution in [3.8, 4) is 23.4 Å². The molecule has 0 bridgehead atoms. The lowest BCUT2D eigenvalue weighted by Gasteiger charge is -2.28. The van der Waals surface area contributed by atoms with E-state index in [0.717, 1.165) is 0 Å². The summed E-state index contributed by atoms with van der Waals surface area (Å²) in [5.74, 6) is 1.28. The van der Waals surface area contributed by atoms with Crippen molar-refractivity contribution in [2.24, 2.45) is 0 Å². The average molecular weight is 352 g/mol. The van der Waals surface area contributed by atoms with Crippen LogP contribution in [0.15, 0.2) is 36.7 Å². The number of hydrogen-bond acceptors (Lipinski definition) is 7. The first-order valence-electron chi connectivity index (χ1n) is 8.29. The molecule has 0 saturated carbocycles. The Morgan fingerprint density at radius 2 is 2.08 bits per heavy atom. The predicted octanol–water partition coefficient (Wildman–Crippen LogP) is 1.17. The van der Waals surface area contributed by atoms with Crippen LogP contribution in [0.25, 0.3) is 0 Å². The van der Waals surface area contributed by atoms with Crippen LogP contribution in [0.1, 0.15) is 12.1 Å². The molecule has 0 radical (unpaired) electrons. The second-order valence-electron chi connectivity index (χ2n) is 6.00. The van der Waals surface area contributed by atoms with Crippen molar-refractivity contribution < 1.29 is 19.0 Å². The van der Waals surface area contributed by atoms with Gasteiger partial charge in [0.25, 0.3) is 11.8 Å². The van der Waals surface area contributed by atoms with Crippen molar-refractivity contribution in [1.82, 2.24) is 14.9 Å². The zero-order valence-electron chi connectivity index (χ0n) is 13.9. The van der Waals surface area contributed by atoms with E-state index in [-0.39, 0.29) is 30.2 Å². The maximum Gasteiger partial charge on any atom is 0.267 e. The molecular formula is C18H16N4O4. The van der Waals surface area contributed by atoms with E-state index < -0.39 is 6.10 Å². The Kier molecular flexibility index (Phi) is 4.27. The van der Waals surface area contributed by atoms with E-state index in [1.165, 1.54) is 12.4 Å². The van der Waals surface area contributed by atoms with Gasteiger partial charge in [-0.1, -0.05) is 12.1 Å². The molecule has 1 aromatic carbocycles. The second kappa shape index (κ2) is 6.88. The van der Waals surface area contributed by atoms with E-state index >= 15 is 0 Å². The van der Waals surface area contributed by atoms with Crippen LogP contribution >= 0.6 is 0 Å². The maximum atomic E-state index is 12.7. The first kappa shape index (κ1) is 16.1. The van der Waals surface area contributed by atoms with Crippen molar-refractivity contribution in [3.63, 3.8) is 0 Å². The van der Waals surface area contributed by atoms with Crippen LogP contribution in [-0.2, 0) is 4.79 Å². The van der Waals surface area contributed by atoms with Crippen molar-refractivity contribution in [2.75, 3.05) is 19.7 Å². The van der Waals surface area contributed by atoms with Gasteiger partial charge in [-0.15, -0.1) is 0 Å². The number of hydrogen-bond donors (Lipinski definition) is 0. The van der Waals surface area contributed by atoms with Gasteiger partial charge in [-0.05, 0) is 12.1 Å². The van der Waals surface area contributed by atoms with Gasteiger partial charge in [-0.25, -0.2) is 9.97 Å². The molecule has 1 aromatic heterocycles. The molecule has 1 amide bonds. The molecule has 1 fully saturated rings. The van der Waals surface area contributed by atoms with E-state index in [9.17, 15) is 4.79 Å². The fourth-order valence-electron chi connectivity index (χ4n) is 3.02. The Hall–Kier alpha value is -3.34. The van der Waals surface area contributed by atoms with Crippen LogP contribution in [-0.4, -0.2) is 52.7 Å². The highest BCUT2D eigenvalue weighted by atomic mass is 16.6. The molecule has 3 heterocycles. The smallest absolute Gasteiger partial charge is 0.267 e. The van der Waals surface area contributed by atoms with Gasteiger partial charge in [0.15, 0.2) is 11.5 Å². The third-order valence-electron chi connectivity index (χ3n) is 4.29. The SMILES string of the molecule is N#Cc1nccnc1O[C@H]1CCN(C(=O)[C@@H]2COc3ccccc3O2)C1. The number of likely N-dealkylation sites (tertiary alicyclic amines) is 1. The number of carbonyl (C=O) groups is 1. The van der Waals surface area contributed by atoms with Gasteiger partial charge in [-0.2, -0.15) is 5.26 Å². The van der Waals surface area contributed by atoms with Crippen LogP contribution in [0.4, 0.5) is 0 Å². The highest BCUT2D eigenvalue weighted by Gasteiger charge is 2.35. The number of nitrogens with zero attached hydrogens (tertiary/aromatic N) is 4. The predicted molar refractivity (Wildman–Crippen MR) is 88.7 cm³/mol. The standard InChI is InChI=1S/C18H16N4O4/c19-9-13-17(21-7-6-20-13)25-12-5-8-22(10-12)18(23)16-11-24-14-3-1-2-4-15(14)26-16/h1-4,6-7,12,16H,5,8,10-11H2/t12-,16-/m0/s1. The molecule has 2 aromatic rings. The monoisotopic (exact) mass is 352 g/mol. The number of aromatic nitrogens is 2. The number of para-hydroxylation sites is 2. The van der Waals surface area contributed by atoms with Gasteiger partial charge in [0.1, 0.15) is 18.8 Å². The summed E-state index contributed by atoms with van der Waals surface area (Å²) >= 11 is 0. The number of amides is 1. The highest BCUT2D eigenvalue weighted by molar-refractivity contribution is 5.82. The van der Waals surface area contributed by atoms with Gasteiger partial charge in [0, 0.05) is 25.4 Å². The van der Waals surface area contributed by atoms with E-state index in [1.807, 2.05) is 24.3 Å². The molecule has 4 rings (SSSR count). The molecular weight excluding hydrogens is 336 g/mol. The number of benzene rings is 1. The normalized spacial score (nSPS) is 21.1. The molecule has 0 unspecified atom stereocenters. The molecule has 1 saturated heterocycles. The van der Waals surface area contributed by atoms with Crippen molar-refractivity contribution in [3.05, 3.63) is 42.4 Å². The lowest BCUT2D eigenvalue weighted by atomic mass is 10.2. The van der Waals surface area contributed by atoms with Crippen molar-refractivity contribution in [2.45, 2.75) is 18.6 Å². The van der Waals surface area contributed by atoms with Gasteiger partial charge in [-0.3, -0.25) is 4.79 Å². The van der Waals surface area contributed by atoms with Crippen LogP contribution in [0.2, 0.25) is 0 Å². The summed E-state index contributed by atoms with van der Waals surface area (Å²) in [5, 5.41) is 9.06. The summed E-state index contributed by atoms with van der Waals surface area (Å²) in [6, 6.07) is 9.23. The van der Waals surface area contributed by atoms with Crippen molar-refractivity contribution >= 4 is 5.91 Å². The Labute approximate surface area is 149 Å². The Morgan fingerprint density at radius 3 is 2.92 bits per heavy atom. The van der Waals surface area contributed by atoms with Crippen LogP contribution < -0.4 is 14.2 Å². The Morgan fingerprint density at radius 1 is 1.27 bits per heavy atom. The number of nitriles is 1. The van der Waals surface area contributed by atoms with Crippen LogP contribution in [0, 0.1) is 11.3 Å². The molecule has 8 nitrogen and oxygen atoms in total. The maximum absolute atomic E-state index is 12.7. The zero-order valence-corrected chi connectivity index (χ0v) is 13.9. The second-order valence-corrected chi connectivity index (χ2v) is 6.00. The average Bonchev–Trinajstić information content (AvgIpc) is 3.16. The van der Waals surface area contributed by atoms with Gasteiger partial charge in [0.2, 0.25) is 11.8 Å². The minimum atomic E-state index is -0.671. The van der Waals surface area contributed by atoms with E-state index in [4.69, 9.17) is 19.5 Å². The van der Waals surface area contributed by atoms with Gasteiger partial charge >= 0.3 is 0 Å². The Balaban J connectivity index is 1.38. The molecule has 2 atom stereocenters. The molecule has 132 valence electrons. The molecule has 0 N–H and O–H groups in total. The fourth-order valence-corrected chi connectivity index (χ4v) is 3.02. The summed E-state index contributed by atoms with van der Waals surface area (Å²) in [6.45, 7) is 1.13. The summed E-state index contributed by atoms with van der Waals surface area (Å²) in [7, 11) is 0. The molecule has 0 spiro atoms.